The third-order valence-corrected chi connectivity index (χ3v) is 4.47. The maximum atomic E-state index is 11.7. The van der Waals surface area contributed by atoms with Gasteiger partial charge in [0.1, 0.15) is 0 Å². The molecule has 2 rings (SSSR count). The minimum Gasteiger partial charge on any atom is -0.368 e. The van der Waals surface area contributed by atoms with E-state index in [1.54, 1.807) is 30.3 Å². The second kappa shape index (κ2) is 6.10. The zero-order valence-corrected chi connectivity index (χ0v) is 13.3. The number of hydrogen-bond acceptors (Lipinski definition) is 2. The summed E-state index contributed by atoms with van der Waals surface area (Å²) in [5.74, 6) is -1.05. The van der Waals surface area contributed by atoms with Crippen LogP contribution in [0.2, 0.25) is 0 Å². The van der Waals surface area contributed by atoms with E-state index in [2.05, 4.69) is 21.2 Å². The molecule has 20 heavy (non-hydrogen) atoms. The van der Waals surface area contributed by atoms with E-state index in [1.807, 2.05) is 25.1 Å². The molecule has 0 aromatic heterocycles. The van der Waals surface area contributed by atoms with E-state index in [-0.39, 0.29) is 0 Å². The van der Waals surface area contributed by atoms with Gasteiger partial charge in [0.25, 0.3) is 0 Å². The number of nitrogens with one attached hydrogen (secondary N) is 1. The zero-order chi connectivity index (χ0) is 14.8. The van der Waals surface area contributed by atoms with Gasteiger partial charge in [0.2, 0.25) is 0 Å². The summed E-state index contributed by atoms with van der Waals surface area (Å²) in [6.45, 7) is 1.89. The highest BCUT2D eigenvalue weighted by atomic mass is 79.9. The van der Waals surface area contributed by atoms with Gasteiger partial charge in [0, 0.05) is 10.2 Å². The largest absolute Gasteiger partial charge is 0.368 e. The van der Waals surface area contributed by atoms with Crippen molar-refractivity contribution in [1.29, 1.82) is 0 Å². The Balaban J connectivity index is 2.34. The lowest BCUT2D eigenvalue weighted by atomic mass is 10.1. The van der Waals surface area contributed by atoms with Gasteiger partial charge < -0.3 is 15.1 Å². The van der Waals surface area contributed by atoms with Crippen LogP contribution in [0.15, 0.2) is 53.0 Å². The van der Waals surface area contributed by atoms with Crippen LogP contribution in [-0.2, 0) is 4.57 Å². The smallest absolute Gasteiger partial charge is 0.352 e. The molecule has 4 nitrogen and oxygen atoms in total. The molecule has 1 unspecified atom stereocenters. The van der Waals surface area contributed by atoms with E-state index in [4.69, 9.17) is 0 Å². The third-order valence-electron chi connectivity index (χ3n) is 2.84. The van der Waals surface area contributed by atoms with E-state index >= 15 is 0 Å². The highest BCUT2D eigenvalue weighted by Crippen LogP contribution is 2.51. The molecule has 0 saturated carbocycles. The Morgan fingerprint density at radius 2 is 1.80 bits per heavy atom. The molecule has 0 radical (unpaired) electrons. The maximum Gasteiger partial charge on any atom is 0.352 e. The van der Waals surface area contributed by atoms with E-state index < -0.39 is 13.4 Å². The average Bonchev–Trinajstić information content (AvgIpc) is 2.36. The fraction of sp³-hybridized carbons (Fsp3) is 0.143. The number of anilines is 1. The molecule has 106 valence electrons. The number of hydrogen-bond donors (Lipinski definition) is 3. The first kappa shape index (κ1) is 15.3. The predicted molar refractivity (Wildman–Crippen MR) is 83.7 cm³/mol. The molecule has 0 aliphatic carbocycles. The van der Waals surface area contributed by atoms with Crippen molar-refractivity contribution in [3.05, 3.63) is 64.1 Å². The molecule has 6 heteroatoms. The Hall–Kier alpha value is -1.13. The highest BCUT2D eigenvalue weighted by Gasteiger charge is 2.30. The number of aryl methyl sites for hydroxylation is 1. The van der Waals surface area contributed by atoms with Crippen LogP contribution in [-0.4, -0.2) is 9.79 Å². The van der Waals surface area contributed by atoms with Gasteiger partial charge in [-0.1, -0.05) is 45.8 Å². The molecular formula is C14H15BrNO3P. The second-order valence-corrected chi connectivity index (χ2v) is 7.17. The van der Waals surface area contributed by atoms with Crippen LogP contribution < -0.4 is 5.32 Å². The summed E-state index contributed by atoms with van der Waals surface area (Å²) in [4.78, 5) is 19.2. The zero-order valence-electron chi connectivity index (χ0n) is 10.8. The van der Waals surface area contributed by atoms with Crippen LogP contribution in [0.1, 0.15) is 16.9 Å². The standard InChI is InChI=1S/C14H15BrNO3P/c1-10-3-2-4-11(9-10)14(20(17,18)19)16-13-7-5-12(15)6-8-13/h2-9,14,16H,1H3,(H2,17,18,19). The fourth-order valence-electron chi connectivity index (χ4n) is 1.91. The molecule has 0 bridgehead atoms. The lowest BCUT2D eigenvalue weighted by Gasteiger charge is -2.21. The summed E-state index contributed by atoms with van der Waals surface area (Å²) in [7, 11) is -4.32. The Kier molecular flexibility index (Phi) is 4.66. The molecule has 2 aromatic rings. The first-order chi connectivity index (χ1) is 9.36. The third kappa shape index (κ3) is 3.93. The molecule has 0 aliphatic rings. The van der Waals surface area contributed by atoms with Crippen LogP contribution in [0.25, 0.3) is 0 Å². The van der Waals surface area contributed by atoms with Crippen molar-refractivity contribution >= 4 is 29.2 Å². The number of rotatable bonds is 4. The van der Waals surface area contributed by atoms with Gasteiger partial charge in [-0.25, -0.2) is 0 Å². The SMILES string of the molecule is Cc1cccc(C(Nc2ccc(Br)cc2)P(=O)(O)O)c1. The Labute approximate surface area is 126 Å². The van der Waals surface area contributed by atoms with Gasteiger partial charge >= 0.3 is 7.60 Å². The van der Waals surface area contributed by atoms with Crippen LogP contribution in [0.4, 0.5) is 5.69 Å². The lowest BCUT2D eigenvalue weighted by Crippen LogP contribution is -2.11. The molecule has 0 saturated heterocycles. The molecule has 0 heterocycles. The van der Waals surface area contributed by atoms with E-state index in [0.717, 1.165) is 10.0 Å². The average molecular weight is 356 g/mol. The van der Waals surface area contributed by atoms with Gasteiger partial charge in [0.15, 0.2) is 5.78 Å². The number of benzene rings is 2. The molecule has 0 spiro atoms. The Morgan fingerprint density at radius 1 is 1.15 bits per heavy atom. The summed E-state index contributed by atoms with van der Waals surface area (Å²) in [5.41, 5.74) is 2.18. The first-order valence-corrected chi connectivity index (χ1v) is 8.47. The Morgan fingerprint density at radius 3 is 2.35 bits per heavy atom. The first-order valence-electron chi connectivity index (χ1n) is 6.00. The topological polar surface area (TPSA) is 69.6 Å². The van der Waals surface area contributed by atoms with Crippen molar-refractivity contribution in [2.24, 2.45) is 0 Å². The van der Waals surface area contributed by atoms with Crippen LogP contribution in [0, 0.1) is 6.92 Å². The normalized spacial score (nSPS) is 13.0. The second-order valence-electron chi connectivity index (χ2n) is 4.56. The van der Waals surface area contributed by atoms with Gasteiger partial charge in [-0.2, -0.15) is 0 Å². The van der Waals surface area contributed by atoms with Crippen LogP contribution in [0.3, 0.4) is 0 Å². The fourth-order valence-corrected chi connectivity index (χ4v) is 3.04. The van der Waals surface area contributed by atoms with Crippen molar-refractivity contribution < 1.29 is 14.4 Å². The van der Waals surface area contributed by atoms with E-state index in [1.165, 1.54) is 0 Å². The van der Waals surface area contributed by atoms with E-state index in [9.17, 15) is 14.4 Å². The van der Waals surface area contributed by atoms with Crippen molar-refractivity contribution in [2.75, 3.05) is 5.32 Å². The van der Waals surface area contributed by atoms with Crippen molar-refractivity contribution in [2.45, 2.75) is 12.7 Å². The van der Waals surface area contributed by atoms with Crippen molar-refractivity contribution in [3.8, 4) is 0 Å². The van der Waals surface area contributed by atoms with Gasteiger partial charge in [-0.3, -0.25) is 4.57 Å². The van der Waals surface area contributed by atoms with Gasteiger partial charge in [-0.15, -0.1) is 0 Å². The van der Waals surface area contributed by atoms with Crippen molar-refractivity contribution in [3.63, 3.8) is 0 Å². The molecule has 1 atom stereocenters. The molecule has 3 N–H and O–H groups in total. The molecular weight excluding hydrogens is 341 g/mol. The summed E-state index contributed by atoms with van der Waals surface area (Å²) in [6, 6.07) is 14.3. The van der Waals surface area contributed by atoms with Gasteiger partial charge in [0.05, 0.1) is 0 Å². The molecule has 0 amide bonds. The summed E-state index contributed by atoms with van der Waals surface area (Å²) in [6.07, 6.45) is 0. The molecule has 2 aromatic carbocycles. The Bertz CT molecular complexity index is 639. The predicted octanol–water partition coefficient (Wildman–Crippen LogP) is 4.05. The monoisotopic (exact) mass is 355 g/mol. The minimum atomic E-state index is -4.32. The molecule has 0 fully saturated rings. The quantitative estimate of drug-likeness (QED) is 0.723. The van der Waals surface area contributed by atoms with Crippen LogP contribution in [0.5, 0.6) is 0 Å². The number of halogens is 1. The van der Waals surface area contributed by atoms with Crippen molar-refractivity contribution in [1.82, 2.24) is 0 Å². The lowest BCUT2D eigenvalue weighted by molar-refractivity contribution is 0.363. The van der Waals surface area contributed by atoms with Gasteiger partial charge in [-0.05, 0) is 36.8 Å². The highest BCUT2D eigenvalue weighted by molar-refractivity contribution is 9.10. The minimum absolute atomic E-state index is 0.571. The molecule has 0 aliphatic heterocycles. The van der Waals surface area contributed by atoms with Crippen LogP contribution >= 0.6 is 23.5 Å². The summed E-state index contributed by atoms with van der Waals surface area (Å²) >= 11 is 3.32. The summed E-state index contributed by atoms with van der Waals surface area (Å²) < 4.78 is 12.6. The van der Waals surface area contributed by atoms with E-state index in [0.29, 0.717) is 11.3 Å². The summed E-state index contributed by atoms with van der Waals surface area (Å²) in [5, 5.41) is 2.91. The maximum absolute atomic E-state index is 11.7.